The van der Waals surface area contributed by atoms with Crippen molar-refractivity contribution in [1.29, 1.82) is 0 Å². The lowest BCUT2D eigenvalue weighted by atomic mass is 9.96. The highest BCUT2D eigenvalue weighted by molar-refractivity contribution is 6.32. The first kappa shape index (κ1) is 11.2. The number of halogens is 1. The average Bonchev–Trinajstić information content (AvgIpc) is 2.26. The molecule has 1 nitrogen and oxygen atoms in total. The zero-order chi connectivity index (χ0) is 11.7. The molecule has 0 saturated carbocycles. The first-order valence-electron chi connectivity index (χ1n) is 5.32. The largest absolute Gasteiger partial charge is 0.294 e. The molecule has 0 atom stereocenters. The summed E-state index contributed by atoms with van der Waals surface area (Å²) in [7, 11) is 0. The maximum Gasteiger partial charge on any atom is 0.166 e. The van der Waals surface area contributed by atoms with Gasteiger partial charge in [-0.25, -0.2) is 0 Å². The monoisotopic (exact) mass is 232 g/mol. The van der Waals surface area contributed by atoms with Crippen LogP contribution in [0.1, 0.15) is 24.2 Å². The Balaban J connectivity index is 2.72. The van der Waals surface area contributed by atoms with Crippen LogP contribution >= 0.6 is 11.6 Å². The second kappa shape index (κ2) is 4.26. The Bertz CT molecular complexity index is 543. The van der Waals surface area contributed by atoms with E-state index in [-0.39, 0.29) is 11.7 Å². The van der Waals surface area contributed by atoms with Gasteiger partial charge in [0.15, 0.2) is 5.78 Å². The second-order valence-electron chi connectivity index (χ2n) is 4.19. The molecule has 0 saturated heterocycles. The number of Topliss-reactive ketones (excluding diaryl/α,β-unsaturated/α-hetero) is 1. The molecule has 2 aromatic rings. The Morgan fingerprint density at radius 1 is 1.19 bits per heavy atom. The third-order valence-electron chi connectivity index (χ3n) is 2.62. The number of hydrogen-bond donors (Lipinski definition) is 0. The zero-order valence-corrected chi connectivity index (χ0v) is 10.1. The highest BCUT2D eigenvalue weighted by Crippen LogP contribution is 2.25. The SMILES string of the molecule is CC(C)C(=O)c1cc(Cl)cc2ccccc12. The Kier molecular flexibility index (Phi) is 2.97. The van der Waals surface area contributed by atoms with Gasteiger partial charge in [0.05, 0.1) is 0 Å². The summed E-state index contributed by atoms with van der Waals surface area (Å²) in [6, 6.07) is 11.5. The smallest absolute Gasteiger partial charge is 0.166 e. The van der Waals surface area contributed by atoms with E-state index in [1.165, 1.54) is 0 Å². The molecule has 2 aromatic carbocycles. The molecule has 0 radical (unpaired) electrons. The van der Waals surface area contributed by atoms with Crippen molar-refractivity contribution in [2.24, 2.45) is 5.92 Å². The molecule has 0 heterocycles. The Morgan fingerprint density at radius 2 is 1.88 bits per heavy atom. The van der Waals surface area contributed by atoms with Crippen LogP contribution in [-0.2, 0) is 0 Å². The van der Waals surface area contributed by atoms with E-state index in [1.807, 2.05) is 44.2 Å². The van der Waals surface area contributed by atoms with Crippen molar-refractivity contribution in [2.75, 3.05) is 0 Å². The number of carbonyl (C=O) groups is 1. The number of benzene rings is 2. The van der Waals surface area contributed by atoms with E-state index in [0.29, 0.717) is 5.02 Å². The van der Waals surface area contributed by atoms with E-state index in [1.54, 1.807) is 6.07 Å². The van der Waals surface area contributed by atoms with Gasteiger partial charge < -0.3 is 0 Å². The maximum atomic E-state index is 12.1. The van der Waals surface area contributed by atoms with Crippen LogP contribution in [0.2, 0.25) is 5.02 Å². The summed E-state index contributed by atoms with van der Waals surface area (Å²) < 4.78 is 0. The molecule has 0 N–H and O–H groups in total. The van der Waals surface area contributed by atoms with Crippen molar-refractivity contribution < 1.29 is 4.79 Å². The van der Waals surface area contributed by atoms with Gasteiger partial charge in [-0.15, -0.1) is 0 Å². The van der Waals surface area contributed by atoms with E-state index in [4.69, 9.17) is 11.6 Å². The number of ketones is 1. The van der Waals surface area contributed by atoms with Crippen molar-refractivity contribution in [1.82, 2.24) is 0 Å². The van der Waals surface area contributed by atoms with Crippen LogP contribution in [0.15, 0.2) is 36.4 Å². The van der Waals surface area contributed by atoms with E-state index in [9.17, 15) is 4.79 Å². The van der Waals surface area contributed by atoms with E-state index in [0.717, 1.165) is 16.3 Å². The molecule has 0 amide bonds. The van der Waals surface area contributed by atoms with E-state index < -0.39 is 0 Å². The van der Waals surface area contributed by atoms with Gasteiger partial charge in [-0.1, -0.05) is 49.7 Å². The summed E-state index contributed by atoms with van der Waals surface area (Å²) in [6.45, 7) is 3.80. The molecule has 0 aliphatic rings. The molecule has 0 aromatic heterocycles. The summed E-state index contributed by atoms with van der Waals surface area (Å²) in [5, 5.41) is 2.60. The van der Waals surface area contributed by atoms with Crippen LogP contribution in [0.5, 0.6) is 0 Å². The van der Waals surface area contributed by atoms with Gasteiger partial charge in [-0.05, 0) is 22.9 Å². The number of rotatable bonds is 2. The molecule has 0 aliphatic carbocycles. The predicted molar refractivity (Wildman–Crippen MR) is 68.1 cm³/mol. The van der Waals surface area contributed by atoms with Crippen molar-refractivity contribution in [2.45, 2.75) is 13.8 Å². The van der Waals surface area contributed by atoms with Crippen LogP contribution in [0.4, 0.5) is 0 Å². The molecule has 2 rings (SSSR count). The van der Waals surface area contributed by atoms with Crippen molar-refractivity contribution in [3.05, 3.63) is 47.0 Å². The van der Waals surface area contributed by atoms with Gasteiger partial charge in [0.2, 0.25) is 0 Å². The van der Waals surface area contributed by atoms with Gasteiger partial charge in [0.25, 0.3) is 0 Å². The summed E-state index contributed by atoms with van der Waals surface area (Å²) in [5.41, 5.74) is 0.720. The predicted octanol–water partition coefficient (Wildman–Crippen LogP) is 4.33. The lowest BCUT2D eigenvalue weighted by molar-refractivity contribution is 0.0941. The first-order chi connectivity index (χ1) is 7.59. The minimum absolute atomic E-state index is 0.0122. The first-order valence-corrected chi connectivity index (χ1v) is 5.70. The Hall–Kier alpha value is -1.34. The molecular weight excluding hydrogens is 220 g/mol. The molecular formula is C14H13ClO. The van der Waals surface area contributed by atoms with Gasteiger partial charge in [-0.2, -0.15) is 0 Å². The van der Waals surface area contributed by atoms with Gasteiger partial charge in [-0.3, -0.25) is 4.79 Å². The molecule has 0 aliphatic heterocycles. The van der Waals surface area contributed by atoms with Crippen molar-refractivity contribution in [3.63, 3.8) is 0 Å². The topological polar surface area (TPSA) is 17.1 Å². The fourth-order valence-electron chi connectivity index (χ4n) is 1.79. The maximum absolute atomic E-state index is 12.1. The minimum atomic E-state index is -0.0122. The third-order valence-corrected chi connectivity index (χ3v) is 2.83. The second-order valence-corrected chi connectivity index (χ2v) is 4.63. The van der Waals surface area contributed by atoms with Crippen LogP contribution in [0.25, 0.3) is 10.8 Å². The molecule has 0 bridgehead atoms. The Labute approximate surface area is 100 Å². The molecule has 16 heavy (non-hydrogen) atoms. The van der Waals surface area contributed by atoms with Crippen LogP contribution < -0.4 is 0 Å². The quantitative estimate of drug-likeness (QED) is 0.705. The molecule has 0 unspecified atom stereocenters. The van der Waals surface area contributed by atoms with Crippen LogP contribution in [0, 0.1) is 5.92 Å². The fraction of sp³-hybridized carbons (Fsp3) is 0.214. The average molecular weight is 233 g/mol. The lowest BCUT2D eigenvalue weighted by Gasteiger charge is -2.08. The highest BCUT2D eigenvalue weighted by Gasteiger charge is 2.14. The van der Waals surface area contributed by atoms with Crippen molar-refractivity contribution >= 4 is 28.2 Å². The summed E-state index contributed by atoms with van der Waals surface area (Å²) in [5.74, 6) is 0.126. The summed E-state index contributed by atoms with van der Waals surface area (Å²) in [4.78, 5) is 12.1. The van der Waals surface area contributed by atoms with Gasteiger partial charge in [0.1, 0.15) is 0 Å². The molecule has 2 heteroatoms. The number of carbonyl (C=O) groups excluding carboxylic acids is 1. The third kappa shape index (κ3) is 1.96. The van der Waals surface area contributed by atoms with Crippen LogP contribution in [0.3, 0.4) is 0 Å². The van der Waals surface area contributed by atoms with Gasteiger partial charge >= 0.3 is 0 Å². The minimum Gasteiger partial charge on any atom is -0.294 e. The molecule has 0 spiro atoms. The summed E-state index contributed by atoms with van der Waals surface area (Å²) in [6.07, 6.45) is 0. The highest BCUT2D eigenvalue weighted by atomic mass is 35.5. The van der Waals surface area contributed by atoms with E-state index in [2.05, 4.69) is 0 Å². The number of fused-ring (bicyclic) bond motifs is 1. The molecule has 82 valence electrons. The van der Waals surface area contributed by atoms with Gasteiger partial charge in [0, 0.05) is 16.5 Å². The zero-order valence-electron chi connectivity index (χ0n) is 9.33. The number of hydrogen-bond acceptors (Lipinski definition) is 1. The standard InChI is InChI=1S/C14H13ClO/c1-9(2)14(16)13-8-11(15)7-10-5-3-4-6-12(10)13/h3-9H,1-2H3. The molecule has 0 fully saturated rings. The Morgan fingerprint density at radius 3 is 2.56 bits per heavy atom. The normalized spacial score (nSPS) is 11.0. The van der Waals surface area contributed by atoms with E-state index >= 15 is 0 Å². The summed E-state index contributed by atoms with van der Waals surface area (Å²) >= 11 is 6.02. The van der Waals surface area contributed by atoms with Crippen LogP contribution in [-0.4, -0.2) is 5.78 Å². The van der Waals surface area contributed by atoms with Crippen molar-refractivity contribution in [3.8, 4) is 0 Å². The lowest BCUT2D eigenvalue weighted by Crippen LogP contribution is -2.07. The fourth-order valence-corrected chi connectivity index (χ4v) is 2.02.